The summed E-state index contributed by atoms with van der Waals surface area (Å²) in [6, 6.07) is -0.656. The van der Waals surface area contributed by atoms with Crippen molar-refractivity contribution in [3.63, 3.8) is 0 Å². The van der Waals surface area contributed by atoms with Crippen LogP contribution in [0.2, 0.25) is 0 Å². The van der Waals surface area contributed by atoms with Crippen molar-refractivity contribution in [1.29, 1.82) is 0 Å². The van der Waals surface area contributed by atoms with Gasteiger partial charge in [-0.2, -0.15) is 5.10 Å². The first kappa shape index (κ1) is 15.5. The average molecular weight is 293 g/mol. The van der Waals surface area contributed by atoms with Crippen LogP contribution < -0.4 is 0 Å². The van der Waals surface area contributed by atoms with E-state index in [-0.39, 0.29) is 11.8 Å². The van der Waals surface area contributed by atoms with Crippen LogP contribution in [0.4, 0.5) is 0 Å². The molecule has 1 amide bonds. The number of aromatic nitrogens is 2. The molecule has 1 aliphatic rings. The Balaban J connectivity index is 2.11. The topological polar surface area (TPSA) is 75.4 Å². The number of carboxylic acid groups (broad SMARTS) is 1. The fraction of sp³-hybridized carbons (Fsp3) is 0.667. The lowest BCUT2D eigenvalue weighted by atomic mass is 9.98. The second-order valence-corrected chi connectivity index (χ2v) is 5.91. The van der Waals surface area contributed by atoms with Crippen molar-refractivity contribution in [2.45, 2.75) is 46.1 Å². The number of aryl methyl sites for hydroxylation is 2. The van der Waals surface area contributed by atoms with Crippen LogP contribution in [0, 0.1) is 19.8 Å². The first-order valence-electron chi connectivity index (χ1n) is 7.35. The van der Waals surface area contributed by atoms with Gasteiger partial charge in [0.05, 0.1) is 5.69 Å². The number of hydrogen-bond acceptors (Lipinski definition) is 3. The van der Waals surface area contributed by atoms with Gasteiger partial charge in [-0.1, -0.05) is 6.92 Å². The molecular weight excluding hydrogens is 270 g/mol. The molecule has 0 spiro atoms. The minimum Gasteiger partial charge on any atom is -0.480 e. The lowest BCUT2D eigenvalue weighted by Gasteiger charge is -2.25. The number of carbonyl (C=O) groups is 2. The largest absolute Gasteiger partial charge is 0.480 e. The van der Waals surface area contributed by atoms with Crippen molar-refractivity contribution in [3.05, 3.63) is 17.0 Å². The van der Waals surface area contributed by atoms with Crippen LogP contribution >= 0.6 is 0 Å². The summed E-state index contributed by atoms with van der Waals surface area (Å²) in [5.41, 5.74) is 3.08. The highest BCUT2D eigenvalue weighted by atomic mass is 16.4. The summed E-state index contributed by atoms with van der Waals surface area (Å²) in [7, 11) is 1.89. The third-order valence-electron chi connectivity index (χ3n) is 4.41. The number of likely N-dealkylation sites (tertiary alicyclic amines) is 1. The molecule has 1 aromatic rings. The van der Waals surface area contributed by atoms with Crippen molar-refractivity contribution in [2.24, 2.45) is 13.0 Å². The number of carboxylic acids is 1. The fourth-order valence-corrected chi connectivity index (χ4v) is 3.08. The van der Waals surface area contributed by atoms with E-state index in [9.17, 15) is 14.7 Å². The molecule has 1 fully saturated rings. The first-order valence-corrected chi connectivity index (χ1v) is 7.35. The summed E-state index contributed by atoms with van der Waals surface area (Å²) in [5, 5.41) is 13.5. The lowest BCUT2D eigenvalue weighted by molar-refractivity contribution is -0.149. The molecule has 2 heterocycles. The zero-order valence-electron chi connectivity index (χ0n) is 13.1. The van der Waals surface area contributed by atoms with Crippen LogP contribution in [-0.2, 0) is 23.1 Å². The molecule has 6 nitrogen and oxygen atoms in total. The zero-order valence-corrected chi connectivity index (χ0v) is 13.1. The SMILES string of the molecule is Cc1nn(C)c(C)c1CC(C)C(=O)N1CCC[C@@H]1C(=O)O. The van der Waals surface area contributed by atoms with Crippen molar-refractivity contribution >= 4 is 11.9 Å². The van der Waals surface area contributed by atoms with E-state index in [2.05, 4.69) is 5.10 Å². The van der Waals surface area contributed by atoms with E-state index in [1.807, 2.05) is 32.5 Å². The maximum atomic E-state index is 12.5. The van der Waals surface area contributed by atoms with Gasteiger partial charge in [-0.15, -0.1) is 0 Å². The summed E-state index contributed by atoms with van der Waals surface area (Å²) in [6.45, 7) is 6.34. The van der Waals surface area contributed by atoms with Crippen molar-refractivity contribution < 1.29 is 14.7 Å². The number of aliphatic carboxylic acids is 1. The van der Waals surface area contributed by atoms with Gasteiger partial charge < -0.3 is 10.0 Å². The van der Waals surface area contributed by atoms with Crippen molar-refractivity contribution in [2.75, 3.05) is 6.54 Å². The Labute approximate surface area is 124 Å². The van der Waals surface area contributed by atoms with Gasteiger partial charge >= 0.3 is 5.97 Å². The molecular formula is C15H23N3O3. The number of rotatable bonds is 4. The Hall–Kier alpha value is -1.85. The minimum atomic E-state index is -0.901. The number of nitrogens with zero attached hydrogens (tertiary/aromatic N) is 3. The maximum absolute atomic E-state index is 12.5. The predicted octanol–water partition coefficient (Wildman–Crippen LogP) is 1.29. The van der Waals surface area contributed by atoms with Crippen LogP contribution in [0.15, 0.2) is 0 Å². The molecule has 116 valence electrons. The van der Waals surface area contributed by atoms with Gasteiger partial charge in [0.1, 0.15) is 6.04 Å². The van der Waals surface area contributed by atoms with E-state index in [1.165, 1.54) is 4.90 Å². The zero-order chi connectivity index (χ0) is 15.7. The smallest absolute Gasteiger partial charge is 0.326 e. The average Bonchev–Trinajstić information content (AvgIpc) is 2.99. The molecule has 6 heteroatoms. The van der Waals surface area contributed by atoms with E-state index in [0.29, 0.717) is 19.4 Å². The van der Waals surface area contributed by atoms with Gasteiger partial charge in [0.15, 0.2) is 0 Å². The number of hydrogen-bond donors (Lipinski definition) is 1. The van der Waals surface area contributed by atoms with Crippen LogP contribution in [0.1, 0.15) is 36.7 Å². The number of amides is 1. The predicted molar refractivity (Wildman–Crippen MR) is 77.9 cm³/mol. The molecule has 0 aromatic carbocycles. The van der Waals surface area contributed by atoms with Crippen molar-refractivity contribution in [1.82, 2.24) is 14.7 Å². The van der Waals surface area contributed by atoms with E-state index in [1.54, 1.807) is 0 Å². The second-order valence-electron chi connectivity index (χ2n) is 5.91. The Bertz CT molecular complexity index is 565. The molecule has 2 atom stereocenters. The lowest BCUT2D eigenvalue weighted by Crippen LogP contribution is -2.43. The van der Waals surface area contributed by atoms with E-state index in [4.69, 9.17) is 0 Å². The van der Waals surface area contributed by atoms with Crippen LogP contribution in [0.3, 0.4) is 0 Å². The molecule has 0 radical (unpaired) electrons. The molecule has 1 N–H and O–H groups in total. The Morgan fingerprint density at radius 2 is 2.10 bits per heavy atom. The van der Waals surface area contributed by atoms with Gasteiger partial charge in [0.25, 0.3) is 0 Å². The van der Waals surface area contributed by atoms with Gasteiger partial charge in [0, 0.05) is 25.2 Å². The van der Waals surface area contributed by atoms with Gasteiger partial charge in [-0.3, -0.25) is 9.48 Å². The highest BCUT2D eigenvalue weighted by Gasteiger charge is 2.36. The molecule has 21 heavy (non-hydrogen) atoms. The third kappa shape index (κ3) is 2.94. The third-order valence-corrected chi connectivity index (χ3v) is 4.41. The Kier molecular flexibility index (Phi) is 4.34. The summed E-state index contributed by atoms with van der Waals surface area (Å²) >= 11 is 0. The van der Waals surface area contributed by atoms with E-state index in [0.717, 1.165) is 23.4 Å². The van der Waals surface area contributed by atoms with Crippen LogP contribution in [0.25, 0.3) is 0 Å². The quantitative estimate of drug-likeness (QED) is 0.907. The molecule has 1 aromatic heterocycles. The van der Waals surface area contributed by atoms with Crippen LogP contribution in [-0.4, -0.2) is 44.3 Å². The monoisotopic (exact) mass is 293 g/mol. The molecule has 1 aliphatic heterocycles. The summed E-state index contributed by atoms with van der Waals surface area (Å²) < 4.78 is 1.82. The van der Waals surface area contributed by atoms with Gasteiger partial charge in [-0.25, -0.2) is 4.79 Å². The summed E-state index contributed by atoms with van der Waals surface area (Å²) in [6.07, 6.45) is 1.92. The highest BCUT2D eigenvalue weighted by molar-refractivity contribution is 5.85. The second kappa shape index (κ2) is 5.87. The maximum Gasteiger partial charge on any atom is 0.326 e. The fourth-order valence-electron chi connectivity index (χ4n) is 3.08. The Morgan fingerprint density at radius 1 is 1.43 bits per heavy atom. The first-order chi connectivity index (χ1) is 9.82. The molecule has 0 bridgehead atoms. The minimum absolute atomic E-state index is 0.0671. The van der Waals surface area contributed by atoms with E-state index >= 15 is 0 Å². The molecule has 1 unspecified atom stereocenters. The molecule has 1 saturated heterocycles. The van der Waals surface area contributed by atoms with Gasteiger partial charge in [0.2, 0.25) is 5.91 Å². The molecule has 0 saturated carbocycles. The van der Waals surface area contributed by atoms with Crippen LogP contribution in [0.5, 0.6) is 0 Å². The normalized spacial score (nSPS) is 19.8. The van der Waals surface area contributed by atoms with E-state index < -0.39 is 12.0 Å². The van der Waals surface area contributed by atoms with Gasteiger partial charge in [-0.05, 0) is 38.7 Å². The highest BCUT2D eigenvalue weighted by Crippen LogP contribution is 2.23. The molecule has 2 rings (SSSR count). The summed E-state index contributed by atoms with van der Waals surface area (Å²) in [5.74, 6) is -1.20. The standard InChI is InChI=1S/C15H23N3O3/c1-9(8-12-10(2)16-17(4)11(12)3)14(19)18-7-5-6-13(18)15(20)21/h9,13H,5-8H2,1-4H3,(H,20,21)/t9?,13-/m1/s1. The number of carbonyl (C=O) groups excluding carboxylic acids is 1. The molecule has 0 aliphatic carbocycles. The Morgan fingerprint density at radius 3 is 2.62 bits per heavy atom. The van der Waals surface area contributed by atoms with Crippen molar-refractivity contribution in [3.8, 4) is 0 Å². The summed E-state index contributed by atoms with van der Waals surface area (Å²) in [4.78, 5) is 25.3.